The third-order valence-electron chi connectivity index (χ3n) is 6.31. The van der Waals surface area contributed by atoms with Crippen molar-refractivity contribution < 1.29 is 8.83 Å². The van der Waals surface area contributed by atoms with Gasteiger partial charge in [-0.2, -0.15) is 0 Å². The van der Waals surface area contributed by atoms with Gasteiger partial charge in [0.05, 0.1) is 11.4 Å². The molecule has 1 aliphatic rings. The molecule has 0 saturated carbocycles. The minimum absolute atomic E-state index is 0.124. The maximum absolute atomic E-state index is 6.56. The second kappa shape index (κ2) is 6.66. The van der Waals surface area contributed by atoms with E-state index in [1.54, 1.807) is 0 Å². The molecule has 150 valence electrons. The van der Waals surface area contributed by atoms with Gasteiger partial charge in [0.1, 0.15) is 22.5 Å². The average molecular weight is 411 g/mol. The highest BCUT2D eigenvalue weighted by Crippen LogP contribution is 2.44. The lowest BCUT2D eigenvalue weighted by molar-refractivity contribution is 0.636. The zero-order valence-electron chi connectivity index (χ0n) is 17.2. The Balaban J connectivity index is 1.65. The Morgan fingerprint density at radius 1 is 0.500 bits per heavy atom. The van der Waals surface area contributed by atoms with Crippen molar-refractivity contribution in [1.82, 2.24) is 0 Å². The number of fused-ring (bicyclic) bond motifs is 6. The maximum atomic E-state index is 6.56. The fraction of sp³-hybridized carbons (Fsp3) is 0. The smallest absolute Gasteiger partial charge is 0.338 e. The first-order chi connectivity index (χ1) is 15.9. The second-order valence-corrected chi connectivity index (χ2v) is 8.14. The van der Waals surface area contributed by atoms with E-state index in [0.717, 1.165) is 55.8 Å². The number of rotatable bonds is 2. The van der Waals surface area contributed by atoms with Crippen molar-refractivity contribution in [1.29, 1.82) is 0 Å². The first-order valence-electron chi connectivity index (χ1n) is 10.8. The van der Waals surface area contributed by atoms with Gasteiger partial charge in [0.15, 0.2) is 0 Å². The zero-order chi connectivity index (χ0) is 21.1. The first kappa shape index (κ1) is 17.5. The molecular weight excluding hydrogens is 393 g/mol. The number of hydrogen-bond acceptors (Lipinski definition) is 3. The van der Waals surface area contributed by atoms with Crippen LogP contribution in [0.15, 0.2) is 118 Å². The van der Waals surface area contributed by atoms with Gasteiger partial charge in [-0.25, -0.2) is 0 Å². The number of hydrogen-bond donors (Lipinski definition) is 0. The van der Waals surface area contributed by atoms with Crippen LogP contribution in [0.5, 0.6) is 0 Å². The Kier molecular flexibility index (Phi) is 3.64. The predicted octanol–water partition coefficient (Wildman–Crippen LogP) is 5.48. The van der Waals surface area contributed by atoms with Crippen LogP contribution in [0.25, 0.3) is 21.9 Å². The topological polar surface area (TPSA) is 29.5 Å². The van der Waals surface area contributed by atoms with Crippen LogP contribution in [0.4, 0.5) is 17.1 Å². The SMILES string of the molecule is c1ccc(B2c3oc4ccccc4c3N(c3ccccc3)c3c2oc2ccccc32)cc1. The molecule has 0 unspecified atom stereocenters. The Labute approximate surface area is 185 Å². The number of anilines is 3. The molecule has 2 aromatic heterocycles. The Bertz CT molecular complexity index is 1500. The van der Waals surface area contributed by atoms with Crippen LogP contribution < -0.4 is 21.7 Å². The van der Waals surface area contributed by atoms with Crippen LogP contribution >= 0.6 is 0 Å². The van der Waals surface area contributed by atoms with Gasteiger partial charge in [-0.3, -0.25) is 0 Å². The molecule has 3 nitrogen and oxygen atoms in total. The van der Waals surface area contributed by atoms with Gasteiger partial charge in [-0.05, 0) is 36.4 Å². The molecule has 0 radical (unpaired) electrons. The third-order valence-corrected chi connectivity index (χ3v) is 6.31. The Hall–Kier alpha value is -4.18. The van der Waals surface area contributed by atoms with Crippen molar-refractivity contribution in [2.45, 2.75) is 0 Å². The molecule has 3 heterocycles. The van der Waals surface area contributed by atoms with E-state index in [1.165, 1.54) is 0 Å². The lowest BCUT2D eigenvalue weighted by atomic mass is 9.39. The van der Waals surface area contributed by atoms with Gasteiger partial charge >= 0.3 is 6.71 Å². The molecule has 0 saturated heterocycles. The van der Waals surface area contributed by atoms with Gasteiger partial charge in [-0.1, -0.05) is 78.3 Å². The van der Waals surface area contributed by atoms with Crippen LogP contribution in [-0.4, -0.2) is 6.71 Å². The van der Waals surface area contributed by atoms with E-state index in [-0.39, 0.29) is 6.71 Å². The molecule has 0 atom stereocenters. The van der Waals surface area contributed by atoms with Crippen molar-refractivity contribution in [3.8, 4) is 0 Å². The summed E-state index contributed by atoms with van der Waals surface area (Å²) in [6.45, 7) is -0.124. The molecule has 0 N–H and O–H groups in total. The number of benzene rings is 4. The van der Waals surface area contributed by atoms with Gasteiger partial charge in [0, 0.05) is 16.5 Å². The van der Waals surface area contributed by atoms with Crippen molar-refractivity contribution >= 4 is 62.5 Å². The molecule has 0 spiro atoms. The largest absolute Gasteiger partial charge is 0.468 e. The van der Waals surface area contributed by atoms with Crippen molar-refractivity contribution in [3.05, 3.63) is 109 Å². The fourth-order valence-electron chi connectivity index (χ4n) is 4.97. The zero-order valence-corrected chi connectivity index (χ0v) is 17.2. The monoisotopic (exact) mass is 411 g/mol. The Morgan fingerprint density at radius 2 is 0.969 bits per heavy atom. The van der Waals surface area contributed by atoms with Gasteiger partial charge in [0.2, 0.25) is 0 Å². The summed E-state index contributed by atoms with van der Waals surface area (Å²) in [4.78, 5) is 2.31. The van der Waals surface area contributed by atoms with E-state index in [9.17, 15) is 0 Å². The fourth-order valence-corrected chi connectivity index (χ4v) is 4.97. The first-order valence-corrected chi connectivity index (χ1v) is 10.8. The van der Waals surface area contributed by atoms with E-state index < -0.39 is 0 Å². The van der Waals surface area contributed by atoms with Gasteiger partial charge in [-0.15, -0.1) is 0 Å². The second-order valence-electron chi connectivity index (χ2n) is 8.14. The number of para-hydroxylation sites is 3. The molecule has 0 amide bonds. The lowest BCUT2D eigenvalue weighted by Crippen LogP contribution is -2.56. The minimum Gasteiger partial charge on any atom is -0.468 e. The van der Waals surface area contributed by atoms with Crippen LogP contribution in [-0.2, 0) is 0 Å². The summed E-state index contributed by atoms with van der Waals surface area (Å²) in [6.07, 6.45) is 0. The summed E-state index contributed by atoms with van der Waals surface area (Å²) in [6, 6.07) is 37.5. The van der Waals surface area contributed by atoms with Crippen molar-refractivity contribution in [2.75, 3.05) is 4.90 Å². The normalized spacial score (nSPS) is 12.9. The highest BCUT2D eigenvalue weighted by atomic mass is 16.4. The van der Waals surface area contributed by atoms with Crippen LogP contribution in [0, 0.1) is 0 Å². The molecule has 4 aromatic carbocycles. The molecule has 7 rings (SSSR count). The molecule has 0 aliphatic carbocycles. The van der Waals surface area contributed by atoms with E-state index in [2.05, 4.69) is 77.7 Å². The summed E-state index contributed by atoms with van der Waals surface area (Å²) >= 11 is 0. The van der Waals surface area contributed by atoms with Crippen LogP contribution in [0.3, 0.4) is 0 Å². The molecular formula is C28H18BNO2. The van der Waals surface area contributed by atoms with E-state index in [1.807, 2.05) is 36.4 Å². The quantitative estimate of drug-likeness (QED) is 0.353. The summed E-state index contributed by atoms with van der Waals surface area (Å²) in [5.74, 6) is 0. The van der Waals surface area contributed by atoms with Gasteiger partial charge in [0.25, 0.3) is 0 Å². The minimum atomic E-state index is -0.124. The van der Waals surface area contributed by atoms with Crippen LogP contribution in [0.1, 0.15) is 0 Å². The predicted molar refractivity (Wildman–Crippen MR) is 132 cm³/mol. The molecule has 1 aliphatic heterocycles. The summed E-state index contributed by atoms with van der Waals surface area (Å²) in [7, 11) is 0. The molecule has 0 fully saturated rings. The van der Waals surface area contributed by atoms with E-state index in [4.69, 9.17) is 8.83 Å². The summed E-state index contributed by atoms with van der Waals surface area (Å²) in [5, 5.41) is 2.20. The average Bonchev–Trinajstić information content (AvgIpc) is 3.42. The van der Waals surface area contributed by atoms with Crippen LogP contribution in [0.2, 0.25) is 0 Å². The van der Waals surface area contributed by atoms with Gasteiger partial charge < -0.3 is 13.7 Å². The van der Waals surface area contributed by atoms with Crippen molar-refractivity contribution in [3.63, 3.8) is 0 Å². The van der Waals surface area contributed by atoms with E-state index in [0.29, 0.717) is 0 Å². The highest BCUT2D eigenvalue weighted by molar-refractivity contribution is 6.97. The summed E-state index contributed by atoms with van der Waals surface area (Å²) in [5.41, 5.74) is 7.99. The Morgan fingerprint density at radius 3 is 1.53 bits per heavy atom. The number of furan rings is 2. The maximum Gasteiger partial charge on any atom is 0.338 e. The summed E-state index contributed by atoms with van der Waals surface area (Å²) < 4.78 is 13.1. The highest BCUT2D eigenvalue weighted by Gasteiger charge is 2.43. The number of nitrogens with zero attached hydrogens (tertiary/aromatic N) is 1. The van der Waals surface area contributed by atoms with E-state index >= 15 is 0 Å². The molecule has 6 aromatic rings. The molecule has 32 heavy (non-hydrogen) atoms. The van der Waals surface area contributed by atoms with Crippen molar-refractivity contribution in [2.24, 2.45) is 0 Å². The molecule has 4 heteroatoms. The lowest BCUT2D eigenvalue weighted by Gasteiger charge is -2.31. The third kappa shape index (κ3) is 2.38. The molecule has 0 bridgehead atoms. The standard InChI is InChI=1S/C28H18BNO2/c1-3-11-19(12-4-1)29-27-25(21-15-7-9-17-23(21)31-27)30(20-13-5-2-6-14-20)26-22-16-8-10-18-24(22)32-28(26)29/h1-18H.